The highest BCUT2D eigenvalue weighted by Gasteiger charge is 2.29. The first-order valence-electron chi connectivity index (χ1n) is 10.9. The molecule has 10 heteroatoms. The van der Waals surface area contributed by atoms with Gasteiger partial charge in [-0.25, -0.2) is 13.2 Å². The fraction of sp³-hybridized carbons (Fsp3) is 0.391. The first kappa shape index (κ1) is 23.1. The molecule has 1 aliphatic carbocycles. The third kappa shape index (κ3) is 5.12. The van der Waals surface area contributed by atoms with Gasteiger partial charge in [0.15, 0.2) is 6.10 Å². The van der Waals surface area contributed by atoms with Gasteiger partial charge in [-0.2, -0.15) is 9.29 Å². The zero-order valence-corrected chi connectivity index (χ0v) is 19.4. The molecule has 0 spiro atoms. The molecule has 0 amide bonds. The van der Waals surface area contributed by atoms with Crippen LogP contribution in [0.2, 0.25) is 0 Å². The Kier molecular flexibility index (Phi) is 6.85. The molecule has 2 heterocycles. The molecule has 0 bridgehead atoms. The van der Waals surface area contributed by atoms with Gasteiger partial charge >= 0.3 is 5.97 Å². The van der Waals surface area contributed by atoms with Crippen molar-refractivity contribution in [3.8, 4) is 11.4 Å². The van der Waals surface area contributed by atoms with Crippen LogP contribution in [0.15, 0.2) is 58.2 Å². The van der Waals surface area contributed by atoms with Gasteiger partial charge in [0.25, 0.3) is 5.89 Å². The van der Waals surface area contributed by atoms with E-state index in [1.54, 1.807) is 38.5 Å². The van der Waals surface area contributed by atoms with Crippen molar-refractivity contribution >= 4 is 16.0 Å². The minimum atomic E-state index is -3.63. The van der Waals surface area contributed by atoms with E-state index in [0.717, 1.165) is 32.1 Å². The Hall–Kier alpha value is -3.11. The Morgan fingerprint density at radius 3 is 2.55 bits per heavy atom. The van der Waals surface area contributed by atoms with Crippen molar-refractivity contribution in [1.82, 2.24) is 19.4 Å². The van der Waals surface area contributed by atoms with Crippen LogP contribution in [0, 0.1) is 0 Å². The van der Waals surface area contributed by atoms with E-state index < -0.39 is 22.1 Å². The Balaban J connectivity index is 1.41. The van der Waals surface area contributed by atoms with Crippen LogP contribution >= 0.6 is 0 Å². The molecule has 0 saturated heterocycles. The number of esters is 1. The first-order chi connectivity index (χ1) is 15.9. The molecule has 0 aliphatic heterocycles. The number of carbonyl (C=O) groups excluding carboxylic acids is 1. The van der Waals surface area contributed by atoms with E-state index in [4.69, 9.17) is 9.26 Å². The Morgan fingerprint density at radius 2 is 1.88 bits per heavy atom. The molecule has 174 valence electrons. The molecule has 33 heavy (non-hydrogen) atoms. The number of pyridine rings is 1. The van der Waals surface area contributed by atoms with Crippen molar-refractivity contribution in [2.45, 2.75) is 56.1 Å². The van der Waals surface area contributed by atoms with Crippen molar-refractivity contribution in [2.75, 3.05) is 7.05 Å². The largest absolute Gasteiger partial charge is 0.449 e. The molecule has 4 rings (SSSR count). The maximum absolute atomic E-state index is 13.0. The Bertz CT molecular complexity index is 1190. The van der Waals surface area contributed by atoms with E-state index in [1.807, 2.05) is 0 Å². The van der Waals surface area contributed by atoms with Crippen LogP contribution in [0.3, 0.4) is 0 Å². The summed E-state index contributed by atoms with van der Waals surface area (Å²) in [5, 5.41) is 3.89. The summed E-state index contributed by atoms with van der Waals surface area (Å²) in [6.07, 6.45) is 7.43. The second kappa shape index (κ2) is 9.80. The average molecular weight is 471 g/mol. The van der Waals surface area contributed by atoms with E-state index in [1.165, 1.54) is 28.6 Å². The lowest BCUT2D eigenvalue weighted by Gasteiger charge is -2.30. The molecular formula is C23H26N4O5S. The number of aromatic nitrogens is 3. The topological polar surface area (TPSA) is 115 Å². The van der Waals surface area contributed by atoms with Gasteiger partial charge < -0.3 is 9.26 Å². The molecular weight excluding hydrogens is 444 g/mol. The normalized spacial score (nSPS) is 16.0. The first-order valence-corrected chi connectivity index (χ1v) is 12.3. The standard InChI is InChI=1S/C23H26N4O5S/c1-16(22-25-21(26-32-22)18-7-6-14-24-15-18)31-23(28)17-10-12-20(13-11-17)33(29,30)27(2)19-8-4-3-5-9-19/h6-7,10-16,19H,3-5,8-9H2,1-2H3. The number of nitrogens with zero attached hydrogens (tertiary/aromatic N) is 4. The molecule has 9 nitrogen and oxygen atoms in total. The van der Waals surface area contributed by atoms with Crippen molar-refractivity contribution < 1.29 is 22.5 Å². The summed E-state index contributed by atoms with van der Waals surface area (Å²) in [4.78, 5) is 21.0. The fourth-order valence-corrected chi connectivity index (χ4v) is 5.28. The average Bonchev–Trinajstić information content (AvgIpc) is 3.35. The van der Waals surface area contributed by atoms with E-state index in [0.29, 0.717) is 11.4 Å². The summed E-state index contributed by atoms with van der Waals surface area (Å²) in [6, 6.07) is 9.33. The van der Waals surface area contributed by atoms with Gasteiger partial charge in [0.05, 0.1) is 10.5 Å². The zero-order valence-electron chi connectivity index (χ0n) is 18.5. The molecule has 1 aliphatic rings. The molecule has 2 aromatic heterocycles. The third-order valence-corrected chi connectivity index (χ3v) is 7.77. The van der Waals surface area contributed by atoms with E-state index in [9.17, 15) is 13.2 Å². The maximum atomic E-state index is 13.0. The molecule has 1 aromatic carbocycles. The molecule has 1 fully saturated rings. The van der Waals surface area contributed by atoms with Gasteiger partial charge in [-0.3, -0.25) is 4.98 Å². The third-order valence-electron chi connectivity index (χ3n) is 5.85. The number of rotatable bonds is 7. The summed E-state index contributed by atoms with van der Waals surface area (Å²) in [5.41, 5.74) is 0.911. The SMILES string of the molecule is CC(OC(=O)c1ccc(S(=O)(=O)N(C)C2CCCCC2)cc1)c1nc(-c2cccnc2)no1. The zero-order chi connectivity index (χ0) is 23.4. The number of ether oxygens (including phenoxy) is 1. The predicted octanol–water partition coefficient (Wildman–Crippen LogP) is 4.00. The van der Waals surface area contributed by atoms with Gasteiger partial charge in [0.1, 0.15) is 0 Å². The van der Waals surface area contributed by atoms with Gasteiger partial charge in [-0.1, -0.05) is 24.4 Å². The summed E-state index contributed by atoms with van der Waals surface area (Å²) >= 11 is 0. The van der Waals surface area contributed by atoms with Crippen LogP contribution in [0.25, 0.3) is 11.4 Å². The van der Waals surface area contributed by atoms with Gasteiger partial charge in [0, 0.05) is 31.0 Å². The quantitative estimate of drug-likeness (QED) is 0.476. The molecule has 3 aromatic rings. The maximum Gasteiger partial charge on any atom is 0.338 e. The van der Waals surface area contributed by atoms with Gasteiger partial charge in [0.2, 0.25) is 15.8 Å². The summed E-state index contributed by atoms with van der Waals surface area (Å²) in [7, 11) is -2.00. The molecule has 1 atom stereocenters. The van der Waals surface area contributed by atoms with Gasteiger partial charge in [-0.05, 0) is 56.2 Å². The highest BCUT2D eigenvalue weighted by molar-refractivity contribution is 7.89. The summed E-state index contributed by atoms with van der Waals surface area (Å²) in [6.45, 7) is 1.62. The number of sulfonamides is 1. The number of benzene rings is 1. The minimum absolute atomic E-state index is 0.0141. The van der Waals surface area contributed by atoms with Crippen LogP contribution in [-0.2, 0) is 14.8 Å². The highest BCUT2D eigenvalue weighted by atomic mass is 32.2. The van der Waals surface area contributed by atoms with Crippen LogP contribution in [0.1, 0.15) is 61.4 Å². The number of hydrogen-bond donors (Lipinski definition) is 0. The lowest BCUT2D eigenvalue weighted by Crippen LogP contribution is -2.38. The van der Waals surface area contributed by atoms with Crippen LogP contribution in [0.4, 0.5) is 0 Å². The lowest BCUT2D eigenvalue weighted by molar-refractivity contribution is 0.0265. The minimum Gasteiger partial charge on any atom is -0.449 e. The summed E-state index contributed by atoms with van der Waals surface area (Å²) < 4.78 is 38.0. The van der Waals surface area contributed by atoms with E-state index in [2.05, 4.69) is 15.1 Å². The van der Waals surface area contributed by atoms with Gasteiger partial charge in [-0.15, -0.1) is 0 Å². The van der Waals surface area contributed by atoms with Crippen molar-refractivity contribution in [3.05, 3.63) is 60.2 Å². The Labute approximate surface area is 192 Å². The monoisotopic (exact) mass is 470 g/mol. The molecule has 1 unspecified atom stereocenters. The highest BCUT2D eigenvalue weighted by Crippen LogP contribution is 2.27. The molecule has 1 saturated carbocycles. The number of hydrogen-bond acceptors (Lipinski definition) is 8. The second-order valence-corrected chi connectivity index (χ2v) is 10.1. The predicted molar refractivity (Wildman–Crippen MR) is 120 cm³/mol. The molecule has 0 radical (unpaired) electrons. The van der Waals surface area contributed by atoms with E-state index >= 15 is 0 Å². The van der Waals surface area contributed by atoms with Crippen molar-refractivity contribution in [3.63, 3.8) is 0 Å². The summed E-state index contributed by atoms with van der Waals surface area (Å²) in [5.74, 6) is -0.124. The van der Waals surface area contributed by atoms with E-state index in [-0.39, 0.29) is 22.4 Å². The van der Waals surface area contributed by atoms with Crippen LogP contribution in [-0.4, -0.2) is 46.9 Å². The number of carbonyl (C=O) groups is 1. The second-order valence-electron chi connectivity index (χ2n) is 8.08. The van der Waals surface area contributed by atoms with Crippen molar-refractivity contribution in [2.24, 2.45) is 0 Å². The molecule has 0 N–H and O–H groups in total. The smallest absolute Gasteiger partial charge is 0.338 e. The lowest BCUT2D eigenvalue weighted by atomic mass is 9.96. The van der Waals surface area contributed by atoms with Crippen LogP contribution in [0.5, 0.6) is 0 Å². The fourth-order valence-electron chi connectivity index (χ4n) is 3.86. The van der Waals surface area contributed by atoms with Crippen LogP contribution < -0.4 is 0 Å². The van der Waals surface area contributed by atoms with Crippen molar-refractivity contribution in [1.29, 1.82) is 0 Å². The Morgan fingerprint density at radius 1 is 1.15 bits per heavy atom.